The van der Waals surface area contributed by atoms with E-state index < -0.39 is 23.6 Å². The van der Waals surface area contributed by atoms with Gasteiger partial charge in [0.15, 0.2) is 0 Å². The largest absolute Gasteiger partial charge is 0.481 e. The molecule has 0 aromatic rings. The number of rotatable bonds is 10. The molecule has 33 heavy (non-hydrogen) atoms. The molecule has 0 saturated heterocycles. The van der Waals surface area contributed by atoms with E-state index in [4.69, 9.17) is 0 Å². The van der Waals surface area contributed by atoms with E-state index in [0.717, 1.165) is 25.7 Å². The predicted octanol–water partition coefficient (Wildman–Crippen LogP) is 7.48. The number of carboxylic acids is 1. The van der Waals surface area contributed by atoms with Crippen LogP contribution < -0.4 is 0 Å². The monoisotopic (exact) mass is 468 g/mol. The average molecular weight is 469 g/mol. The standard InChI is InChI=1S/C24H44O4.C5H12/c1-8-10-13-23(6,21(27)28)14-11-12-17(3)15-24(7)16-18(25)20(26)22(4,5)19(24)9-2;1-5(2,3)4/h8,10,17-20,25-26H,9,11-16H2,1-7H3,(H,27,28);1-4H3/b10-8+;/t17-,18-,19+,20+,23-,24+;/m1./s1. The fraction of sp³-hybridized carbons (Fsp3) is 0.897. The third-order valence-electron chi connectivity index (χ3n) is 7.51. The molecule has 0 aromatic carbocycles. The molecule has 0 radical (unpaired) electrons. The molecule has 0 spiro atoms. The van der Waals surface area contributed by atoms with Crippen molar-refractivity contribution in [1.82, 2.24) is 0 Å². The SMILES string of the molecule is C/C=C/C[C@](C)(CCC[C@@H](C)C[C@@]1(C)C[C@@H](O)[C@H](O)C(C)(C)[C@@H]1CC)C(=O)O.CC(C)(C)C. The minimum absolute atomic E-state index is 0.0165. The van der Waals surface area contributed by atoms with Crippen molar-refractivity contribution in [2.24, 2.45) is 33.5 Å². The first-order valence-corrected chi connectivity index (χ1v) is 13.0. The molecule has 6 atom stereocenters. The Morgan fingerprint density at radius 1 is 1.12 bits per heavy atom. The second-order valence-electron chi connectivity index (χ2n) is 13.5. The third-order valence-corrected chi connectivity index (χ3v) is 7.51. The van der Waals surface area contributed by atoms with E-state index in [9.17, 15) is 20.1 Å². The molecule has 4 heteroatoms. The minimum atomic E-state index is -0.720. The van der Waals surface area contributed by atoms with Crippen LogP contribution in [0.5, 0.6) is 0 Å². The molecule has 0 aromatic heterocycles. The Labute approximate surface area is 205 Å². The van der Waals surface area contributed by atoms with E-state index >= 15 is 0 Å². The van der Waals surface area contributed by atoms with E-state index in [0.29, 0.717) is 36.5 Å². The highest BCUT2D eigenvalue weighted by Crippen LogP contribution is 2.55. The van der Waals surface area contributed by atoms with Crippen molar-refractivity contribution in [2.45, 2.75) is 133 Å². The van der Waals surface area contributed by atoms with E-state index in [2.05, 4.69) is 62.3 Å². The molecule has 1 fully saturated rings. The predicted molar refractivity (Wildman–Crippen MR) is 140 cm³/mol. The smallest absolute Gasteiger partial charge is 0.309 e. The van der Waals surface area contributed by atoms with Crippen LogP contribution >= 0.6 is 0 Å². The molecule has 0 aliphatic heterocycles. The van der Waals surface area contributed by atoms with Crippen LogP contribution in [0.15, 0.2) is 12.2 Å². The van der Waals surface area contributed by atoms with Gasteiger partial charge in [0.25, 0.3) is 0 Å². The summed E-state index contributed by atoms with van der Waals surface area (Å²) in [5.41, 5.74) is -0.526. The Kier molecular flexibility index (Phi) is 12.4. The molecule has 0 unspecified atom stereocenters. The molecule has 0 amide bonds. The van der Waals surface area contributed by atoms with Gasteiger partial charge in [0.2, 0.25) is 0 Å². The van der Waals surface area contributed by atoms with Gasteiger partial charge in [-0.1, -0.05) is 93.7 Å². The van der Waals surface area contributed by atoms with Crippen molar-refractivity contribution in [3.8, 4) is 0 Å². The van der Waals surface area contributed by atoms with Gasteiger partial charge in [0.1, 0.15) is 0 Å². The normalized spacial score (nSPS) is 30.3. The molecular weight excluding hydrogens is 412 g/mol. The molecule has 0 bridgehead atoms. The van der Waals surface area contributed by atoms with Crippen LogP contribution in [0.2, 0.25) is 0 Å². The maximum atomic E-state index is 11.7. The lowest BCUT2D eigenvalue weighted by Gasteiger charge is -2.55. The summed E-state index contributed by atoms with van der Waals surface area (Å²) in [6, 6.07) is 0. The van der Waals surface area contributed by atoms with Crippen LogP contribution in [0.25, 0.3) is 0 Å². The molecule has 1 rings (SSSR count). The number of aliphatic hydroxyl groups excluding tert-OH is 2. The van der Waals surface area contributed by atoms with Gasteiger partial charge in [0.05, 0.1) is 17.6 Å². The van der Waals surface area contributed by atoms with Gasteiger partial charge in [-0.15, -0.1) is 0 Å². The molecule has 1 aliphatic rings. The molecule has 1 saturated carbocycles. The first-order valence-electron chi connectivity index (χ1n) is 13.0. The zero-order valence-electron chi connectivity index (χ0n) is 23.7. The Balaban J connectivity index is 0.00000184. The lowest BCUT2D eigenvalue weighted by atomic mass is 9.51. The average Bonchev–Trinajstić information content (AvgIpc) is 2.63. The third kappa shape index (κ3) is 10.1. The summed E-state index contributed by atoms with van der Waals surface area (Å²) in [4.78, 5) is 11.7. The fourth-order valence-corrected chi connectivity index (χ4v) is 5.99. The van der Waals surface area contributed by atoms with Gasteiger partial charge in [-0.3, -0.25) is 4.79 Å². The van der Waals surface area contributed by atoms with Crippen LogP contribution in [0, 0.1) is 33.5 Å². The van der Waals surface area contributed by atoms with Crippen molar-refractivity contribution < 1.29 is 20.1 Å². The topological polar surface area (TPSA) is 77.8 Å². The first kappa shape index (κ1) is 32.1. The van der Waals surface area contributed by atoms with E-state index in [1.807, 2.05) is 26.0 Å². The lowest BCUT2D eigenvalue weighted by Crippen LogP contribution is -2.56. The number of aliphatic hydroxyl groups is 2. The second kappa shape index (κ2) is 12.7. The quantitative estimate of drug-likeness (QED) is 0.290. The van der Waals surface area contributed by atoms with Crippen molar-refractivity contribution >= 4 is 5.97 Å². The summed E-state index contributed by atoms with van der Waals surface area (Å²) in [7, 11) is 0. The molecule has 196 valence electrons. The number of hydrogen-bond donors (Lipinski definition) is 3. The van der Waals surface area contributed by atoms with E-state index in [-0.39, 0.29) is 10.8 Å². The summed E-state index contributed by atoms with van der Waals surface area (Å²) >= 11 is 0. The summed E-state index contributed by atoms with van der Waals surface area (Å²) in [6.07, 6.45) is 8.26. The summed E-state index contributed by atoms with van der Waals surface area (Å²) in [5.74, 6) is 0.0827. The van der Waals surface area contributed by atoms with Crippen molar-refractivity contribution in [1.29, 1.82) is 0 Å². The number of hydrogen-bond acceptors (Lipinski definition) is 3. The second-order valence-corrected chi connectivity index (χ2v) is 13.5. The Morgan fingerprint density at radius 3 is 2.06 bits per heavy atom. The highest BCUT2D eigenvalue weighted by molar-refractivity contribution is 5.74. The van der Waals surface area contributed by atoms with E-state index in [1.165, 1.54) is 0 Å². The highest BCUT2D eigenvalue weighted by Gasteiger charge is 2.53. The van der Waals surface area contributed by atoms with Crippen LogP contribution in [0.4, 0.5) is 0 Å². The molecule has 3 N–H and O–H groups in total. The van der Waals surface area contributed by atoms with Gasteiger partial charge in [-0.2, -0.15) is 0 Å². The van der Waals surface area contributed by atoms with Crippen LogP contribution in [0.3, 0.4) is 0 Å². The maximum Gasteiger partial charge on any atom is 0.309 e. The molecule has 0 heterocycles. The van der Waals surface area contributed by atoms with E-state index in [1.54, 1.807) is 0 Å². The lowest BCUT2D eigenvalue weighted by molar-refractivity contribution is -0.165. The van der Waals surface area contributed by atoms with Crippen molar-refractivity contribution in [3.05, 3.63) is 12.2 Å². The van der Waals surface area contributed by atoms with Crippen LogP contribution in [0.1, 0.15) is 121 Å². The highest BCUT2D eigenvalue weighted by atomic mass is 16.4. The number of carbonyl (C=O) groups is 1. The van der Waals surface area contributed by atoms with Crippen LogP contribution in [-0.4, -0.2) is 33.5 Å². The number of carboxylic acid groups (broad SMARTS) is 1. The minimum Gasteiger partial charge on any atom is -0.481 e. The zero-order chi connectivity index (χ0) is 26.3. The Bertz CT molecular complexity index is 612. The van der Waals surface area contributed by atoms with Gasteiger partial charge < -0.3 is 15.3 Å². The van der Waals surface area contributed by atoms with Crippen molar-refractivity contribution in [3.63, 3.8) is 0 Å². The van der Waals surface area contributed by atoms with Gasteiger partial charge in [-0.05, 0) is 67.6 Å². The zero-order valence-corrected chi connectivity index (χ0v) is 23.7. The number of allylic oxidation sites excluding steroid dienone is 2. The summed E-state index contributed by atoms with van der Waals surface area (Å²) in [6.45, 7) is 23.4. The van der Waals surface area contributed by atoms with Gasteiger partial charge >= 0.3 is 5.97 Å². The summed E-state index contributed by atoms with van der Waals surface area (Å²) in [5, 5.41) is 30.6. The summed E-state index contributed by atoms with van der Waals surface area (Å²) < 4.78 is 0. The van der Waals surface area contributed by atoms with Gasteiger partial charge in [-0.25, -0.2) is 0 Å². The fourth-order valence-electron chi connectivity index (χ4n) is 5.99. The van der Waals surface area contributed by atoms with Gasteiger partial charge in [0, 0.05) is 0 Å². The maximum absolute atomic E-state index is 11.7. The Morgan fingerprint density at radius 2 is 1.64 bits per heavy atom. The first-order chi connectivity index (χ1) is 14.8. The number of aliphatic carboxylic acids is 1. The van der Waals surface area contributed by atoms with Crippen molar-refractivity contribution in [2.75, 3.05) is 0 Å². The van der Waals surface area contributed by atoms with Crippen LogP contribution in [-0.2, 0) is 4.79 Å². The molecular formula is C29H56O4. The Hall–Kier alpha value is -0.870. The molecule has 4 nitrogen and oxygen atoms in total. The molecule has 1 aliphatic carbocycles.